The van der Waals surface area contributed by atoms with Gasteiger partial charge in [-0.15, -0.1) is 0 Å². The van der Waals surface area contributed by atoms with Crippen LogP contribution in [0.2, 0.25) is 15.1 Å². The Labute approximate surface area is 154 Å². The summed E-state index contributed by atoms with van der Waals surface area (Å²) in [6.45, 7) is 0. The Morgan fingerprint density at radius 2 is 1.58 bits per heavy atom. The molecule has 3 aromatic rings. The van der Waals surface area contributed by atoms with E-state index in [2.05, 4.69) is 0 Å². The molecule has 0 aliphatic rings. The molecule has 0 radical (unpaired) electrons. The molecule has 0 unspecified atom stereocenters. The van der Waals surface area contributed by atoms with Gasteiger partial charge in [-0.3, -0.25) is 4.79 Å². The van der Waals surface area contributed by atoms with Gasteiger partial charge >= 0.3 is 0 Å². The van der Waals surface area contributed by atoms with Crippen LogP contribution in [0, 0.1) is 0 Å². The predicted octanol–water partition coefficient (Wildman–Crippen LogP) is 6.80. The first kappa shape index (κ1) is 16.8. The van der Waals surface area contributed by atoms with Crippen LogP contribution in [0.4, 0.5) is 0 Å². The zero-order valence-electron chi connectivity index (χ0n) is 12.3. The first-order valence-corrected chi connectivity index (χ1v) is 8.19. The van der Waals surface area contributed by atoms with E-state index in [1.807, 2.05) is 0 Å². The number of furan rings is 1. The fourth-order valence-electron chi connectivity index (χ4n) is 2.14. The van der Waals surface area contributed by atoms with Crippen molar-refractivity contribution >= 4 is 46.7 Å². The van der Waals surface area contributed by atoms with Gasteiger partial charge in [-0.05, 0) is 66.7 Å². The highest BCUT2D eigenvalue weighted by Gasteiger charge is 2.08. The molecule has 2 nitrogen and oxygen atoms in total. The van der Waals surface area contributed by atoms with Gasteiger partial charge in [0.1, 0.15) is 11.5 Å². The minimum Gasteiger partial charge on any atom is -0.457 e. The van der Waals surface area contributed by atoms with E-state index in [0.717, 1.165) is 5.56 Å². The van der Waals surface area contributed by atoms with Crippen molar-refractivity contribution in [2.24, 2.45) is 0 Å². The second-order valence-electron chi connectivity index (χ2n) is 5.03. The van der Waals surface area contributed by atoms with Gasteiger partial charge in [-0.25, -0.2) is 0 Å². The summed E-state index contributed by atoms with van der Waals surface area (Å²) in [6, 6.07) is 15.5. The highest BCUT2D eigenvalue weighted by Crippen LogP contribution is 2.31. The fraction of sp³-hybridized carbons (Fsp3) is 0. The quantitative estimate of drug-likeness (QED) is 0.369. The second kappa shape index (κ2) is 7.27. The van der Waals surface area contributed by atoms with Crippen LogP contribution in [0.1, 0.15) is 16.1 Å². The Morgan fingerprint density at radius 1 is 0.875 bits per heavy atom. The molecule has 0 amide bonds. The number of carbonyl (C=O) groups is 1. The van der Waals surface area contributed by atoms with Crippen LogP contribution < -0.4 is 0 Å². The van der Waals surface area contributed by atoms with Gasteiger partial charge in [-0.1, -0.05) is 34.8 Å². The maximum atomic E-state index is 12.1. The van der Waals surface area contributed by atoms with E-state index in [0.29, 0.717) is 32.2 Å². The lowest BCUT2D eigenvalue weighted by Crippen LogP contribution is -1.92. The standard InChI is InChI=1S/C19H11Cl3O2/c20-13-3-1-12(2-4-13)18(23)9-6-15-7-10-19(24-15)16-8-5-14(21)11-17(16)22/h1-11H. The molecule has 2 aromatic carbocycles. The minimum absolute atomic E-state index is 0.130. The van der Waals surface area contributed by atoms with Crippen molar-refractivity contribution in [2.45, 2.75) is 0 Å². The molecule has 0 aliphatic carbocycles. The zero-order chi connectivity index (χ0) is 17.1. The molecular formula is C19H11Cl3O2. The predicted molar refractivity (Wildman–Crippen MR) is 99.0 cm³/mol. The van der Waals surface area contributed by atoms with E-state index in [1.165, 1.54) is 6.08 Å². The summed E-state index contributed by atoms with van der Waals surface area (Å²) in [5, 5.41) is 1.65. The number of hydrogen-bond acceptors (Lipinski definition) is 2. The fourth-order valence-corrected chi connectivity index (χ4v) is 2.77. The van der Waals surface area contributed by atoms with Crippen molar-refractivity contribution < 1.29 is 9.21 Å². The topological polar surface area (TPSA) is 30.2 Å². The number of allylic oxidation sites excluding steroid dienone is 1. The van der Waals surface area contributed by atoms with Gasteiger partial charge in [0.25, 0.3) is 0 Å². The van der Waals surface area contributed by atoms with E-state index in [-0.39, 0.29) is 5.78 Å². The van der Waals surface area contributed by atoms with Gasteiger partial charge in [0.05, 0.1) is 5.02 Å². The van der Waals surface area contributed by atoms with Gasteiger partial charge in [0, 0.05) is 21.2 Å². The Balaban J connectivity index is 1.78. The van der Waals surface area contributed by atoms with Crippen LogP contribution in [-0.2, 0) is 0 Å². The zero-order valence-corrected chi connectivity index (χ0v) is 14.6. The molecule has 3 rings (SSSR count). The van der Waals surface area contributed by atoms with E-state index in [1.54, 1.807) is 60.7 Å². The summed E-state index contributed by atoms with van der Waals surface area (Å²) in [5.41, 5.74) is 1.30. The summed E-state index contributed by atoms with van der Waals surface area (Å²) >= 11 is 17.9. The Morgan fingerprint density at radius 3 is 2.29 bits per heavy atom. The van der Waals surface area contributed by atoms with Crippen LogP contribution in [0.3, 0.4) is 0 Å². The number of ketones is 1. The normalized spacial score (nSPS) is 11.1. The molecule has 0 bridgehead atoms. The third-order valence-corrected chi connectivity index (χ3v) is 4.15. The lowest BCUT2D eigenvalue weighted by Gasteiger charge is -2.00. The van der Waals surface area contributed by atoms with Crippen molar-refractivity contribution in [3.63, 3.8) is 0 Å². The van der Waals surface area contributed by atoms with Gasteiger partial charge in [-0.2, -0.15) is 0 Å². The molecule has 0 atom stereocenters. The molecule has 120 valence electrons. The third-order valence-electron chi connectivity index (χ3n) is 3.35. The van der Waals surface area contributed by atoms with Crippen molar-refractivity contribution in [3.8, 4) is 11.3 Å². The average molecular weight is 378 g/mol. The molecule has 0 fully saturated rings. The molecule has 0 saturated carbocycles. The maximum absolute atomic E-state index is 12.1. The van der Waals surface area contributed by atoms with E-state index >= 15 is 0 Å². The molecule has 24 heavy (non-hydrogen) atoms. The van der Waals surface area contributed by atoms with Crippen LogP contribution >= 0.6 is 34.8 Å². The molecule has 0 spiro atoms. The number of rotatable bonds is 4. The first-order chi connectivity index (χ1) is 11.5. The van der Waals surface area contributed by atoms with E-state index in [4.69, 9.17) is 39.2 Å². The third kappa shape index (κ3) is 3.90. The van der Waals surface area contributed by atoms with Crippen LogP contribution in [-0.4, -0.2) is 5.78 Å². The summed E-state index contributed by atoms with van der Waals surface area (Å²) < 4.78 is 5.71. The number of hydrogen-bond donors (Lipinski definition) is 0. The first-order valence-electron chi connectivity index (χ1n) is 7.06. The Kier molecular flexibility index (Phi) is 5.10. The van der Waals surface area contributed by atoms with Crippen molar-refractivity contribution in [1.82, 2.24) is 0 Å². The lowest BCUT2D eigenvalue weighted by molar-refractivity contribution is 0.104. The van der Waals surface area contributed by atoms with E-state index in [9.17, 15) is 4.79 Å². The average Bonchev–Trinajstić information content (AvgIpc) is 3.02. The molecule has 0 saturated heterocycles. The van der Waals surface area contributed by atoms with Crippen LogP contribution in [0.15, 0.2) is 65.1 Å². The monoisotopic (exact) mass is 376 g/mol. The number of carbonyl (C=O) groups excluding carboxylic acids is 1. The second-order valence-corrected chi connectivity index (χ2v) is 6.31. The van der Waals surface area contributed by atoms with Gasteiger partial charge < -0.3 is 4.42 Å². The summed E-state index contributed by atoms with van der Waals surface area (Å²) in [4.78, 5) is 12.1. The molecule has 5 heteroatoms. The lowest BCUT2D eigenvalue weighted by atomic mass is 10.1. The largest absolute Gasteiger partial charge is 0.457 e. The number of benzene rings is 2. The van der Waals surface area contributed by atoms with Crippen LogP contribution in [0.5, 0.6) is 0 Å². The van der Waals surface area contributed by atoms with Crippen molar-refractivity contribution in [2.75, 3.05) is 0 Å². The summed E-state index contributed by atoms with van der Waals surface area (Å²) in [5.74, 6) is 1.03. The maximum Gasteiger partial charge on any atom is 0.185 e. The van der Waals surface area contributed by atoms with Gasteiger partial charge in [0.2, 0.25) is 0 Å². The molecule has 0 aliphatic heterocycles. The number of halogens is 3. The molecule has 1 aromatic heterocycles. The van der Waals surface area contributed by atoms with E-state index < -0.39 is 0 Å². The van der Waals surface area contributed by atoms with Crippen LogP contribution in [0.25, 0.3) is 17.4 Å². The summed E-state index contributed by atoms with van der Waals surface area (Å²) in [7, 11) is 0. The van der Waals surface area contributed by atoms with Crippen molar-refractivity contribution in [3.05, 3.63) is 87.1 Å². The smallest absolute Gasteiger partial charge is 0.185 e. The highest BCUT2D eigenvalue weighted by atomic mass is 35.5. The minimum atomic E-state index is -0.130. The SMILES string of the molecule is O=C(C=Cc1ccc(-c2ccc(Cl)cc2Cl)o1)c1ccc(Cl)cc1. The molecular weight excluding hydrogens is 367 g/mol. The van der Waals surface area contributed by atoms with Crippen molar-refractivity contribution in [1.29, 1.82) is 0 Å². The Bertz CT molecular complexity index is 909. The molecule has 0 N–H and O–H groups in total. The molecule has 1 heterocycles. The summed E-state index contributed by atoms with van der Waals surface area (Å²) in [6.07, 6.45) is 3.07. The van der Waals surface area contributed by atoms with Gasteiger partial charge in [0.15, 0.2) is 5.78 Å². The highest BCUT2D eigenvalue weighted by molar-refractivity contribution is 6.36. The Hall–Kier alpha value is -2.00.